The van der Waals surface area contributed by atoms with Gasteiger partial charge in [0.25, 0.3) is 5.91 Å². The van der Waals surface area contributed by atoms with Gasteiger partial charge in [0.1, 0.15) is 5.60 Å². The number of nitrogens with one attached hydrogen (secondary N) is 2. The zero-order valence-electron chi connectivity index (χ0n) is 14.6. The van der Waals surface area contributed by atoms with E-state index in [9.17, 15) is 4.79 Å². The first-order chi connectivity index (χ1) is 10.4. The summed E-state index contributed by atoms with van der Waals surface area (Å²) in [6.07, 6.45) is 1.44. The van der Waals surface area contributed by atoms with E-state index in [0.717, 1.165) is 31.5 Å². The highest BCUT2D eigenvalue weighted by atomic mass is 35.5. The first kappa shape index (κ1) is 19.9. The maximum absolute atomic E-state index is 12.5. The van der Waals surface area contributed by atoms with Gasteiger partial charge in [0, 0.05) is 13.7 Å². The summed E-state index contributed by atoms with van der Waals surface area (Å²) in [5, 5.41) is 6.29. The van der Waals surface area contributed by atoms with Crippen molar-refractivity contribution in [3.8, 4) is 0 Å². The molecule has 2 rings (SSSR count). The molecule has 130 valence electrons. The van der Waals surface area contributed by atoms with E-state index in [0.29, 0.717) is 6.54 Å². The summed E-state index contributed by atoms with van der Waals surface area (Å²) in [6.45, 7) is 8.78. The number of carbonyl (C=O) groups is 1. The van der Waals surface area contributed by atoms with Crippen LogP contribution in [-0.2, 0) is 21.5 Å². The van der Waals surface area contributed by atoms with Gasteiger partial charge in [-0.05, 0) is 42.5 Å². The Kier molecular flexibility index (Phi) is 7.05. The molecular formula is C18H29ClN2O2. The van der Waals surface area contributed by atoms with Gasteiger partial charge in [-0.2, -0.15) is 0 Å². The van der Waals surface area contributed by atoms with E-state index >= 15 is 0 Å². The Morgan fingerprint density at radius 2 is 1.78 bits per heavy atom. The first-order valence-electron chi connectivity index (χ1n) is 8.01. The predicted molar refractivity (Wildman–Crippen MR) is 96.1 cm³/mol. The van der Waals surface area contributed by atoms with Crippen molar-refractivity contribution in [2.24, 2.45) is 0 Å². The molecule has 0 saturated carbocycles. The van der Waals surface area contributed by atoms with Gasteiger partial charge >= 0.3 is 0 Å². The van der Waals surface area contributed by atoms with E-state index in [1.165, 1.54) is 5.56 Å². The Labute approximate surface area is 145 Å². The van der Waals surface area contributed by atoms with E-state index in [1.54, 1.807) is 7.11 Å². The summed E-state index contributed by atoms with van der Waals surface area (Å²) in [7, 11) is 1.63. The molecule has 0 aromatic heterocycles. The van der Waals surface area contributed by atoms with Gasteiger partial charge in [-0.1, -0.05) is 45.0 Å². The lowest BCUT2D eigenvalue weighted by Gasteiger charge is -2.34. The lowest BCUT2D eigenvalue weighted by molar-refractivity contribution is -0.146. The largest absolute Gasteiger partial charge is 0.368 e. The van der Waals surface area contributed by atoms with Crippen LogP contribution in [0.1, 0.15) is 44.7 Å². The van der Waals surface area contributed by atoms with Gasteiger partial charge in [-0.3, -0.25) is 4.79 Å². The lowest BCUT2D eigenvalue weighted by atomic mass is 9.86. The Morgan fingerprint density at radius 3 is 2.26 bits per heavy atom. The third kappa shape index (κ3) is 4.93. The van der Waals surface area contributed by atoms with Crippen molar-refractivity contribution < 1.29 is 9.53 Å². The summed E-state index contributed by atoms with van der Waals surface area (Å²) in [6, 6.07) is 8.45. The maximum Gasteiger partial charge on any atom is 0.252 e. The smallest absolute Gasteiger partial charge is 0.252 e. The minimum Gasteiger partial charge on any atom is -0.368 e. The minimum atomic E-state index is -0.670. The highest BCUT2D eigenvalue weighted by Gasteiger charge is 2.39. The van der Waals surface area contributed by atoms with Crippen molar-refractivity contribution in [2.45, 2.75) is 51.2 Å². The van der Waals surface area contributed by atoms with Crippen molar-refractivity contribution in [1.29, 1.82) is 0 Å². The lowest BCUT2D eigenvalue weighted by Crippen LogP contribution is -2.53. The zero-order chi connectivity index (χ0) is 16.2. The fourth-order valence-corrected chi connectivity index (χ4v) is 2.82. The molecule has 1 aliphatic rings. The van der Waals surface area contributed by atoms with Gasteiger partial charge < -0.3 is 15.4 Å². The van der Waals surface area contributed by atoms with Crippen LogP contribution >= 0.6 is 12.4 Å². The quantitative estimate of drug-likeness (QED) is 0.886. The van der Waals surface area contributed by atoms with Crippen LogP contribution in [0.3, 0.4) is 0 Å². The van der Waals surface area contributed by atoms with E-state index in [-0.39, 0.29) is 23.7 Å². The first-order valence-corrected chi connectivity index (χ1v) is 8.01. The number of amides is 1. The predicted octanol–water partition coefficient (Wildman–Crippen LogP) is 2.79. The highest BCUT2D eigenvalue weighted by molar-refractivity contribution is 5.85. The maximum atomic E-state index is 12.5. The number of hydrogen-bond donors (Lipinski definition) is 2. The van der Waals surface area contributed by atoms with Crippen LogP contribution in [0.5, 0.6) is 0 Å². The number of benzene rings is 1. The molecular weight excluding hydrogens is 312 g/mol. The van der Waals surface area contributed by atoms with E-state index < -0.39 is 5.60 Å². The van der Waals surface area contributed by atoms with Crippen LogP contribution in [0.2, 0.25) is 0 Å². The SMILES string of the molecule is COC1(C(=O)NCc2ccc(C(C)(C)C)cc2)CCNCC1.Cl. The molecule has 4 nitrogen and oxygen atoms in total. The van der Waals surface area contributed by atoms with E-state index in [1.807, 2.05) is 0 Å². The van der Waals surface area contributed by atoms with E-state index in [2.05, 4.69) is 55.7 Å². The van der Waals surface area contributed by atoms with Crippen LogP contribution in [0.15, 0.2) is 24.3 Å². The third-order valence-corrected chi connectivity index (χ3v) is 4.49. The normalized spacial score (nSPS) is 17.2. The molecule has 0 unspecified atom stereocenters. The van der Waals surface area contributed by atoms with Crippen molar-refractivity contribution in [2.75, 3.05) is 20.2 Å². The average molecular weight is 341 g/mol. The minimum absolute atomic E-state index is 0. The molecule has 1 aromatic carbocycles. The molecule has 5 heteroatoms. The molecule has 1 aliphatic heterocycles. The number of methoxy groups -OCH3 is 1. The molecule has 0 bridgehead atoms. The molecule has 23 heavy (non-hydrogen) atoms. The zero-order valence-corrected chi connectivity index (χ0v) is 15.4. The average Bonchev–Trinajstić information content (AvgIpc) is 2.52. The molecule has 0 spiro atoms. The van der Waals surface area contributed by atoms with Crippen LogP contribution in [-0.4, -0.2) is 31.7 Å². The number of ether oxygens (including phenoxy) is 1. The highest BCUT2D eigenvalue weighted by Crippen LogP contribution is 2.24. The molecule has 1 amide bonds. The van der Waals surface area contributed by atoms with Crippen molar-refractivity contribution in [1.82, 2.24) is 10.6 Å². The number of halogens is 1. The van der Waals surface area contributed by atoms with Crippen molar-refractivity contribution in [3.05, 3.63) is 35.4 Å². The topological polar surface area (TPSA) is 50.4 Å². The monoisotopic (exact) mass is 340 g/mol. The van der Waals surface area contributed by atoms with Gasteiger partial charge in [0.2, 0.25) is 0 Å². The molecule has 0 radical (unpaired) electrons. The van der Waals surface area contributed by atoms with Gasteiger partial charge in [0.15, 0.2) is 0 Å². The van der Waals surface area contributed by atoms with Gasteiger partial charge in [-0.25, -0.2) is 0 Å². The molecule has 2 N–H and O–H groups in total. The third-order valence-electron chi connectivity index (χ3n) is 4.49. The Balaban J connectivity index is 0.00000264. The summed E-state index contributed by atoms with van der Waals surface area (Å²) < 4.78 is 5.54. The Bertz CT molecular complexity index is 503. The van der Waals surface area contributed by atoms with Crippen LogP contribution in [0.25, 0.3) is 0 Å². The summed E-state index contributed by atoms with van der Waals surface area (Å²) in [4.78, 5) is 12.5. The van der Waals surface area contributed by atoms with Gasteiger partial charge in [-0.15, -0.1) is 12.4 Å². The Hall–Kier alpha value is -1.10. The van der Waals surface area contributed by atoms with Crippen molar-refractivity contribution in [3.63, 3.8) is 0 Å². The number of piperidine rings is 1. The van der Waals surface area contributed by atoms with E-state index in [4.69, 9.17) is 4.74 Å². The summed E-state index contributed by atoms with van der Waals surface area (Å²) in [5.74, 6) is -0.00334. The number of carbonyl (C=O) groups excluding carboxylic acids is 1. The van der Waals surface area contributed by atoms with Crippen LogP contribution in [0.4, 0.5) is 0 Å². The molecule has 1 fully saturated rings. The van der Waals surface area contributed by atoms with Gasteiger partial charge in [0.05, 0.1) is 0 Å². The number of rotatable bonds is 4. The van der Waals surface area contributed by atoms with Crippen LogP contribution in [0, 0.1) is 0 Å². The molecule has 0 atom stereocenters. The number of hydrogen-bond acceptors (Lipinski definition) is 3. The molecule has 1 heterocycles. The molecule has 1 saturated heterocycles. The summed E-state index contributed by atoms with van der Waals surface area (Å²) >= 11 is 0. The standard InChI is InChI=1S/C18H28N2O2.ClH/c1-17(2,3)15-7-5-14(6-8-15)13-20-16(21)18(22-4)9-11-19-12-10-18;/h5-8,19H,9-13H2,1-4H3,(H,20,21);1H. The second kappa shape index (κ2) is 8.13. The second-order valence-electron chi connectivity index (χ2n) is 7.08. The fourth-order valence-electron chi connectivity index (χ4n) is 2.82. The van der Waals surface area contributed by atoms with Crippen molar-refractivity contribution >= 4 is 18.3 Å². The fraction of sp³-hybridized carbons (Fsp3) is 0.611. The van der Waals surface area contributed by atoms with Crippen LogP contribution < -0.4 is 10.6 Å². The molecule has 0 aliphatic carbocycles. The summed E-state index contributed by atoms with van der Waals surface area (Å²) in [5.41, 5.74) is 1.89. The molecule has 1 aromatic rings. The second-order valence-corrected chi connectivity index (χ2v) is 7.08. The Morgan fingerprint density at radius 1 is 1.22 bits per heavy atom.